The van der Waals surface area contributed by atoms with Gasteiger partial charge in [0.15, 0.2) is 17.2 Å². The monoisotopic (exact) mass is 654 g/mol. The molecule has 1 fully saturated rings. The molecule has 0 amide bonds. The summed E-state index contributed by atoms with van der Waals surface area (Å²) in [5.74, 6) is -4.95. The van der Waals surface area contributed by atoms with E-state index in [9.17, 15) is 34.8 Å². The normalized spacial score (nSPS) is 35.0. The first kappa shape index (κ1) is 34.2. The van der Waals surface area contributed by atoms with Crippen molar-refractivity contribution in [3.05, 3.63) is 87.4 Å². The zero-order chi connectivity index (χ0) is 35.1. The van der Waals surface area contributed by atoms with E-state index in [1.165, 1.54) is 5.56 Å². The molecular weight excluding hydrogens is 604 g/mol. The number of aliphatic hydroxyl groups is 3. The smallest absolute Gasteiger partial charge is 0.209 e. The zero-order valence-electron chi connectivity index (χ0n) is 29.3. The summed E-state index contributed by atoms with van der Waals surface area (Å²) in [6.07, 6.45) is 5.96. The van der Waals surface area contributed by atoms with Gasteiger partial charge in [-0.25, -0.2) is 0 Å². The minimum absolute atomic E-state index is 0.102. The molecule has 0 saturated heterocycles. The van der Waals surface area contributed by atoms with Crippen molar-refractivity contribution in [1.29, 1.82) is 0 Å². The number of allylic oxidation sites excluding steroid dienone is 2. The van der Waals surface area contributed by atoms with Crippen molar-refractivity contribution in [2.45, 2.75) is 98.5 Å². The first-order chi connectivity index (χ1) is 22.5. The van der Waals surface area contributed by atoms with Crippen molar-refractivity contribution in [3.8, 4) is 5.75 Å². The third kappa shape index (κ3) is 4.52. The van der Waals surface area contributed by atoms with Crippen LogP contribution in [0.3, 0.4) is 0 Å². The number of Topliss-reactive ketones (excluding diaryl/α,β-unsaturated/α-hetero) is 3. The second-order valence-corrected chi connectivity index (χ2v) is 16.0. The van der Waals surface area contributed by atoms with E-state index >= 15 is 0 Å². The van der Waals surface area contributed by atoms with E-state index in [2.05, 4.69) is 24.3 Å². The van der Waals surface area contributed by atoms with Gasteiger partial charge >= 0.3 is 0 Å². The molecule has 0 aromatic heterocycles. The van der Waals surface area contributed by atoms with Crippen LogP contribution in [0.4, 0.5) is 0 Å². The summed E-state index contributed by atoms with van der Waals surface area (Å²) in [7, 11) is 0. The van der Waals surface area contributed by atoms with Crippen molar-refractivity contribution in [2.24, 2.45) is 40.4 Å². The number of phenols is 1. The van der Waals surface area contributed by atoms with Crippen LogP contribution in [0.25, 0.3) is 0 Å². The van der Waals surface area contributed by atoms with Crippen LogP contribution in [-0.2, 0) is 22.4 Å². The van der Waals surface area contributed by atoms with E-state index < -0.39 is 62.9 Å². The maximum Gasteiger partial charge on any atom is 0.209 e. The van der Waals surface area contributed by atoms with E-state index in [0.717, 1.165) is 39.0 Å². The number of hydrogen-bond donors (Lipinski definition) is 4. The molecule has 4 aliphatic rings. The van der Waals surface area contributed by atoms with Crippen LogP contribution in [0.5, 0.6) is 5.75 Å². The molecule has 0 bridgehead atoms. The van der Waals surface area contributed by atoms with Gasteiger partial charge in [0.25, 0.3) is 0 Å². The van der Waals surface area contributed by atoms with Gasteiger partial charge in [-0.1, -0.05) is 84.0 Å². The Hall–Kier alpha value is -3.71. The topological polar surface area (TPSA) is 132 Å². The van der Waals surface area contributed by atoms with Crippen LogP contribution < -0.4 is 0 Å². The Balaban J connectivity index is 1.39. The number of benzene rings is 2. The van der Waals surface area contributed by atoms with Gasteiger partial charge in [-0.05, 0) is 91.7 Å². The molecule has 6 atom stereocenters. The van der Waals surface area contributed by atoms with Crippen LogP contribution in [0.15, 0.2) is 65.1 Å². The molecule has 48 heavy (non-hydrogen) atoms. The second-order valence-electron chi connectivity index (χ2n) is 16.0. The van der Waals surface area contributed by atoms with Gasteiger partial charge in [0.1, 0.15) is 22.8 Å². The average Bonchev–Trinajstić information content (AvgIpc) is 3.03. The predicted octanol–water partition coefficient (Wildman–Crippen LogP) is 7.75. The SMILES string of the molecule is CC(=O)C1=C(O)C(C(C)C)[C@@]2(C)[C@H](C)[C@]3(C)C(=C(O)[C@@]2(O)C1=O)C(=O)c1c(ccc(CC2CCC(Cc4ccccc4)CC2)c1O)[C@H]3C. The number of carbonyl (C=O) groups is 3. The van der Waals surface area contributed by atoms with Crippen molar-refractivity contribution < 1.29 is 34.8 Å². The first-order valence-corrected chi connectivity index (χ1v) is 17.6. The summed E-state index contributed by atoms with van der Waals surface area (Å²) in [6.45, 7) is 12.2. The highest BCUT2D eigenvalue weighted by Gasteiger charge is 2.74. The third-order valence-corrected chi connectivity index (χ3v) is 13.4. The number of phenolic OH excluding ortho intramolecular Hbond substituents is 1. The number of ketones is 3. The molecule has 256 valence electrons. The van der Waals surface area contributed by atoms with Gasteiger partial charge in [-0.3, -0.25) is 14.4 Å². The van der Waals surface area contributed by atoms with E-state index in [4.69, 9.17) is 0 Å². The highest BCUT2D eigenvalue weighted by atomic mass is 16.3. The summed E-state index contributed by atoms with van der Waals surface area (Å²) in [5, 5.41) is 47.8. The maximum absolute atomic E-state index is 14.6. The van der Waals surface area contributed by atoms with Crippen LogP contribution in [0, 0.1) is 40.4 Å². The summed E-state index contributed by atoms with van der Waals surface area (Å²) in [6, 6.07) is 14.4. The van der Waals surface area contributed by atoms with Gasteiger partial charge in [0.2, 0.25) is 5.78 Å². The predicted molar refractivity (Wildman–Crippen MR) is 184 cm³/mol. The van der Waals surface area contributed by atoms with E-state index in [1.54, 1.807) is 6.92 Å². The van der Waals surface area contributed by atoms with Gasteiger partial charge in [-0.15, -0.1) is 0 Å². The van der Waals surface area contributed by atoms with Gasteiger partial charge in [-0.2, -0.15) is 0 Å². The van der Waals surface area contributed by atoms with Crippen molar-refractivity contribution in [2.75, 3.05) is 0 Å². The lowest BCUT2D eigenvalue weighted by Gasteiger charge is -2.64. The molecule has 0 radical (unpaired) electrons. The lowest BCUT2D eigenvalue weighted by atomic mass is 9.39. The van der Waals surface area contributed by atoms with Crippen LogP contribution in [0.2, 0.25) is 0 Å². The van der Waals surface area contributed by atoms with Gasteiger partial charge < -0.3 is 20.4 Å². The van der Waals surface area contributed by atoms with Crippen LogP contribution in [0.1, 0.15) is 107 Å². The number of fused-ring (bicyclic) bond motifs is 3. The molecule has 1 unspecified atom stereocenters. The Labute approximate surface area is 283 Å². The largest absolute Gasteiger partial charge is 0.511 e. The fraction of sp³-hybridized carbons (Fsp3) is 0.537. The van der Waals surface area contributed by atoms with Crippen molar-refractivity contribution in [3.63, 3.8) is 0 Å². The fourth-order valence-corrected chi connectivity index (χ4v) is 10.5. The Bertz CT molecular complexity index is 1740. The number of rotatable bonds is 6. The van der Waals surface area contributed by atoms with E-state index in [0.29, 0.717) is 29.4 Å². The third-order valence-electron chi connectivity index (χ3n) is 13.4. The lowest BCUT2D eigenvalue weighted by Crippen LogP contribution is -2.71. The fourth-order valence-electron chi connectivity index (χ4n) is 10.5. The van der Waals surface area contributed by atoms with E-state index in [-0.39, 0.29) is 28.6 Å². The number of aromatic hydroxyl groups is 1. The van der Waals surface area contributed by atoms with E-state index in [1.807, 2.05) is 52.8 Å². The Morgan fingerprint density at radius 3 is 2.04 bits per heavy atom. The molecule has 0 aliphatic heterocycles. The minimum Gasteiger partial charge on any atom is -0.511 e. The molecule has 2 aromatic rings. The average molecular weight is 655 g/mol. The molecule has 0 heterocycles. The Morgan fingerprint density at radius 2 is 1.48 bits per heavy atom. The number of carbonyl (C=O) groups excluding carboxylic acids is 3. The molecule has 6 rings (SSSR count). The summed E-state index contributed by atoms with van der Waals surface area (Å²) in [4.78, 5) is 41.5. The second kappa shape index (κ2) is 11.7. The Morgan fingerprint density at radius 1 is 0.896 bits per heavy atom. The van der Waals surface area contributed by atoms with Crippen molar-refractivity contribution in [1.82, 2.24) is 0 Å². The molecule has 4 N–H and O–H groups in total. The molecule has 4 aliphatic carbocycles. The molecule has 0 spiro atoms. The molecular formula is C41H50O7. The van der Waals surface area contributed by atoms with Gasteiger partial charge in [0.05, 0.1) is 5.56 Å². The molecule has 7 nitrogen and oxygen atoms in total. The van der Waals surface area contributed by atoms with Crippen molar-refractivity contribution >= 4 is 17.3 Å². The zero-order valence-corrected chi connectivity index (χ0v) is 29.3. The van der Waals surface area contributed by atoms with Crippen LogP contribution >= 0.6 is 0 Å². The molecule has 7 heteroatoms. The Kier molecular flexibility index (Phi) is 8.34. The van der Waals surface area contributed by atoms with Gasteiger partial charge in [0, 0.05) is 22.3 Å². The molecule has 2 aromatic carbocycles. The van der Waals surface area contributed by atoms with Crippen LogP contribution in [-0.4, -0.2) is 43.4 Å². The first-order valence-electron chi connectivity index (χ1n) is 17.6. The highest BCUT2D eigenvalue weighted by molar-refractivity contribution is 6.25. The lowest BCUT2D eigenvalue weighted by molar-refractivity contribution is -0.189. The quantitative estimate of drug-likeness (QED) is 0.234. The highest BCUT2D eigenvalue weighted by Crippen LogP contribution is 2.70. The minimum atomic E-state index is -2.64. The number of aliphatic hydroxyl groups excluding tert-OH is 2. The maximum atomic E-state index is 14.6. The molecule has 1 saturated carbocycles. The standard InChI is InChI=1S/C41H50O7/c1-21(2)32-35(44)30(23(4)42)37(46)41(48)38(47)33-36(45)31-29(22(3)39(33,6)24(5)40(32,41)7)18-17-28(34(31)43)20-27-15-13-26(14-16-27)19-25-11-9-8-10-12-25/h8-12,17-18,21-22,24,26-27,32,43-44,47-48H,13-16,19-20H2,1-7H3/t22-,24-,26?,27?,32?,39-,40-,41+/m1/s1. The number of hydrogen-bond acceptors (Lipinski definition) is 7. The summed E-state index contributed by atoms with van der Waals surface area (Å²) >= 11 is 0. The summed E-state index contributed by atoms with van der Waals surface area (Å²) in [5.41, 5.74) is -3.06. The summed E-state index contributed by atoms with van der Waals surface area (Å²) < 4.78 is 0.